The van der Waals surface area contributed by atoms with Crippen LogP contribution >= 0.6 is 15.9 Å². The maximum absolute atomic E-state index is 5.56. The quantitative estimate of drug-likeness (QED) is 0.889. The van der Waals surface area contributed by atoms with E-state index in [9.17, 15) is 0 Å². The second kappa shape index (κ2) is 5.40. The zero-order valence-corrected chi connectivity index (χ0v) is 12.3. The molecule has 0 aromatic heterocycles. The number of anilines is 1. The van der Waals surface area contributed by atoms with E-state index in [4.69, 9.17) is 4.74 Å². The standard InChI is InChI=1S/C14H20BrNO/c1-9-6-13(7-10(2)14(9)15)16-12-4-5-17-11(3)8-12/h6-7,11-12,16H,4-5,8H2,1-3H3. The lowest BCUT2D eigenvalue weighted by Gasteiger charge is -2.29. The fourth-order valence-corrected chi connectivity index (χ4v) is 2.62. The van der Waals surface area contributed by atoms with Gasteiger partial charge in [0.2, 0.25) is 0 Å². The number of benzene rings is 1. The molecule has 1 aliphatic heterocycles. The molecule has 1 aromatic carbocycles. The summed E-state index contributed by atoms with van der Waals surface area (Å²) in [7, 11) is 0. The summed E-state index contributed by atoms with van der Waals surface area (Å²) in [6, 6.07) is 4.95. The zero-order chi connectivity index (χ0) is 12.4. The Morgan fingerprint density at radius 3 is 2.53 bits per heavy atom. The predicted octanol–water partition coefficient (Wildman–Crippen LogP) is 4.05. The SMILES string of the molecule is Cc1cc(NC2CCOC(C)C2)cc(C)c1Br. The van der Waals surface area contributed by atoms with Gasteiger partial charge in [-0.1, -0.05) is 15.9 Å². The van der Waals surface area contributed by atoms with Crippen molar-refractivity contribution in [2.45, 2.75) is 45.8 Å². The fourth-order valence-electron chi connectivity index (χ4n) is 2.39. The molecule has 0 amide bonds. The number of rotatable bonds is 2. The third-order valence-electron chi connectivity index (χ3n) is 3.29. The van der Waals surface area contributed by atoms with Crippen LogP contribution in [0, 0.1) is 13.8 Å². The largest absolute Gasteiger partial charge is 0.382 e. The van der Waals surface area contributed by atoms with Crippen molar-refractivity contribution >= 4 is 21.6 Å². The summed E-state index contributed by atoms with van der Waals surface area (Å²) in [5.41, 5.74) is 3.79. The molecule has 0 spiro atoms. The summed E-state index contributed by atoms with van der Waals surface area (Å²) < 4.78 is 6.78. The molecule has 0 radical (unpaired) electrons. The average molecular weight is 298 g/mol. The van der Waals surface area contributed by atoms with Gasteiger partial charge in [-0.15, -0.1) is 0 Å². The minimum absolute atomic E-state index is 0.374. The second-order valence-corrected chi connectivity index (χ2v) is 5.76. The van der Waals surface area contributed by atoms with Crippen LogP contribution < -0.4 is 5.32 Å². The van der Waals surface area contributed by atoms with Gasteiger partial charge in [0.15, 0.2) is 0 Å². The molecule has 2 unspecified atom stereocenters. The highest BCUT2D eigenvalue weighted by atomic mass is 79.9. The van der Waals surface area contributed by atoms with Gasteiger partial charge in [0.1, 0.15) is 0 Å². The summed E-state index contributed by atoms with van der Waals surface area (Å²) in [5, 5.41) is 3.62. The van der Waals surface area contributed by atoms with Crippen molar-refractivity contribution in [2.24, 2.45) is 0 Å². The lowest BCUT2D eigenvalue weighted by atomic mass is 10.0. The molecule has 1 N–H and O–H groups in total. The van der Waals surface area contributed by atoms with Crippen molar-refractivity contribution in [1.29, 1.82) is 0 Å². The topological polar surface area (TPSA) is 21.3 Å². The second-order valence-electron chi connectivity index (χ2n) is 4.97. The van der Waals surface area contributed by atoms with E-state index >= 15 is 0 Å². The number of halogens is 1. The van der Waals surface area contributed by atoms with E-state index < -0.39 is 0 Å². The lowest BCUT2D eigenvalue weighted by Crippen LogP contribution is -2.32. The minimum atomic E-state index is 0.374. The number of hydrogen-bond acceptors (Lipinski definition) is 2. The Balaban J connectivity index is 2.08. The Hall–Kier alpha value is -0.540. The van der Waals surface area contributed by atoms with Gasteiger partial charge in [0.05, 0.1) is 6.10 Å². The summed E-state index contributed by atoms with van der Waals surface area (Å²) >= 11 is 3.60. The van der Waals surface area contributed by atoms with E-state index in [1.165, 1.54) is 21.3 Å². The zero-order valence-electron chi connectivity index (χ0n) is 10.7. The summed E-state index contributed by atoms with van der Waals surface area (Å²) in [5.74, 6) is 0. The van der Waals surface area contributed by atoms with Gasteiger partial charge >= 0.3 is 0 Å². The maximum atomic E-state index is 5.56. The first kappa shape index (κ1) is 12.9. The van der Waals surface area contributed by atoms with Crippen molar-refractivity contribution in [3.8, 4) is 0 Å². The van der Waals surface area contributed by atoms with Gasteiger partial charge in [-0.3, -0.25) is 0 Å². The minimum Gasteiger partial charge on any atom is -0.382 e. The van der Waals surface area contributed by atoms with Crippen LogP contribution in [0.3, 0.4) is 0 Å². The first-order valence-corrected chi connectivity index (χ1v) is 7.00. The van der Waals surface area contributed by atoms with Gasteiger partial charge in [0, 0.05) is 22.8 Å². The Morgan fingerprint density at radius 1 is 1.29 bits per heavy atom. The predicted molar refractivity (Wildman–Crippen MR) is 75.7 cm³/mol. The van der Waals surface area contributed by atoms with Crippen LogP contribution in [0.1, 0.15) is 30.9 Å². The van der Waals surface area contributed by atoms with E-state index in [1.54, 1.807) is 0 Å². The molecule has 2 nitrogen and oxygen atoms in total. The first-order chi connectivity index (χ1) is 8.06. The number of hydrogen-bond donors (Lipinski definition) is 1. The van der Waals surface area contributed by atoms with Crippen LogP contribution in [0.25, 0.3) is 0 Å². The first-order valence-electron chi connectivity index (χ1n) is 6.21. The molecule has 94 valence electrons. The van der Waals surface area contributed by atoms with Gasteiger partial charge < -0.3 is 10.1 Å². The van der Waals surface area contributed by atoms with Crippen molar-refractivity contribution in [3.63, 3.8) is 0 Å². The molecule has 1 saturated heterocycles. The molecule has 1 aromatic rings. The Labute approximate surface area is 112 Å². The molecule has 0 aliphatic carbocycles. The van der Waals surface area contributed by atoms with Crippen LogP contribution in [0.5, 0.6) is 0 Å². The van der Waals surface area contributed by atoms with Crippen LogP contribution in [-0.4, -0.2) is 18.8 Å². The highest BCUT2D eigenvalue weighted by Gasteiger charge is 2.19. The Bertz CT molecular complexity index is 382. The molecule has 3 heteroatoms. The smallest absolute Gasteiger partial charge is 0.0566 e. The summed E-state index contributed by atoms with van der Waals surface area (Å²) in [4.78, 5) is 0. The van der Waals surface area contributed by atoms with Crippen LogP contribution in [0.4, 0.5) is 5.69 Å². The van der Waals surface area contributed by atoms with Crippen molar-refractivity contribution in [1.82, 2.24) is 0 Å². The van der Waals surface area contributed by atoms with E-state index in [2.05, 4.69) is 54.2 Å². The molecule has 17 heavy (non-hydrogen) atoms. The lowest BCUT2D eigenvalue weighted by molar-refractivity contribution is 0.0232. The number of ether oxygens (including phenoxy) is 1. The van der Waals surface area contributed by atoms with Crippen molar-refractivity contribution in [2.75, 3.05) is 11.9 Å². The molecule has 2 rings (SSSR count). The monoisotopic (exact) mass is 297 g/mol. The molecule has 1 aliphatic rings. The fraction of sp³-hybridized carbons (Fsp3) is 0.571. The van der Waals surface area contributed by atoms with Crippen molar-refractivity contribution in [3.05, 3.63) is 27.7 Å². The average Bonchev–Trinajstić information content (AvgIpc) is 2.26. The molecule has 1 fully saturated rings. The third kappa shape index (κ3) is 3.23. The highest BCUT2D eigenvalue weighted by molar-refractivity contribution is 9.10. The van der Waals surface area contributed by atoms with E-state index in [0.29, 0.717) is 12.1 Å². The Morgan fingerprint density at radius 2 is 1.94 bits per heavy atom. The van der Waals surface area contributed by atoms with Crippen LogP contribution in [0.15, 0.2) is 16.6 Å². The van der Waals surface area contributed by atoms with Crippen LogP contribution in [0.2, 0.25) is 0 Å². The maximum Gasteiger partial charge on any atom is 0.0566 e. The van der Waals surface area contributed by atoms with Gasteiger partial charge in [-0.2, -0.15) is 0 Å². The van der Waals surface area contributed by atoms with Gasteiger partial charge in [0.25, 0.3) is 0 Å². The number of aryl methyl sites for hydroxylation is 2. The van der Waals surface area contributed by atoms with E-state index in [-0.39, 0.29) is 0 Å². The molecule has 1 heterocycles. The summed E-state index contributed by atoms with van der Waals surface area (Å²) in [6.45, 7) is 7.28. The van der Waals surface area contributed by atoms with E-state index in [0.717, 1.165) is 19.4 Å². The normalized spacial score (nSPS) is 24.7. The molecule has 0 saturated carbocycles. The molecule has 2 atom stereocenters. The van der Waals surface area contributed by atoms with Crippen LogP contribution in [-0.2, 0) is 4.74 Å². The summed E-state index contributed by atoms with van der Waals surface area (Å²) in [6.07, 6.45) is 2.56. The highest BCUT2D eigenvalue weighted by Crippen LogP contribution is 2.26. The van der Waals surface area contributed by atoms with Crippen molar-refractivity contribution < 1.29 is 4.74 Å². The third-order valence-corrected chi connectivity index (χ3v) is 4.54. The Kier molecular flexibility index (Phi) is 4.10. The van der Waals surface area contributed by atoms with Gasteiger partial charge in [-0.05, 0) is 56.9 Å². The van der Waals surface area contributed by atoms with Gasteiger partial charge in [-0.25, -0.2) is 0 Å². The molecular formula is C14H20BrNO. The number of nitrogens with one attached hydrogen (secondary N) is 1. The molecular weight excluding hydrogens is 278 g/mol. The molecule has 0 bridgehead atoms. The van der Waals surface area contributed by atoms with E-state index in [1.807, 2.05) is 0 Å².